The van der Waals surface area contributed by atoms with Crippen LogP contribution in [0.1, 0.15) is 24.2 Å². The van der Waals surface area contributed by atoms with Crippen molar-refractivity contribution in [3.8, 4) is 5.75 Å². The molecule has 0 bridgehead atoms. The molecule has 5 heteroatoms. The molecule has 2 rings (SSSR count). The van der Waals surface area contributed by atoms with Crippen molar-refractivity contribution in [2.75, 3.05) is 0 Å². The standard InChI is InChI=1S/C15H13Cl3O2/c1-9(19)13-6-11(16)4-5-15(13)20-8-10-2-3-12(17)7-14(10)18/h2-7,9,19H,8H2,1H3. The molecule has 2 aromatic rings. The molecule has 0 aromatic heterocycles. The van der Waals surface area contributed by atoms with Crippen LogP contribution in [0.15, 0.2) is 36.4 Å². The Morgan fingerprint density at radius 3 is 2.35 bits per heavy atom. The summed E-state index contributed by atoms with van der Waals surface area (Å²) in [6.07, 6.45) is -0.663. The highest BCUT2D eigenvalue weighted by atomic mass is 35.5. The van der Waals surface area contributed by atoms with Crippen LogP contribution >= 0.6 is 34.8 Å². The molecule has 1 unspecified atom stereocenters. The minimum absolute atomic E-state index is 0.289. The Morgan fingerprint density at radius 1 is 1.05 bits per heavy atom. The van der Waals surface area contributed by atoms with Gasteiger partial charge in [-0.2, -0.15) is 0 Å². The molecular weight excluding hydrogens is 319 g/mol. The lowest BCUT2D eigenvalue weighted by Gasteiger charge is -2.14. The number of hydrogen-bond acceptors (Lipinski definition) is 2. The highest BCUT2D eigenvalue weighted by Crippen LogP contribution is 2.30. The fourth-order valence-corrected chi connectivity index (χ4v) is 2.42. The molecular formula is C15H13Cl3O2. The van der Waals surface area contributed by atoms with Gasteiger partial charge in [-0.15, -0.1) is 0 Å². The smallest absolute Gasteiger partial charge is 0.125 e. The molecule has 2 nitrogen and oxygen atoms in total. The largest absolute Gasteiger partial charge is 0.488 e. The van der Waals surface area contributed by atoms with Gasteiger partial charge in [0.2, 0.25) is 0 Å². The quantitative estimate of drug-likeness (QED) is 0.826. The number of rotatable bonds is 4. The molecule has 1 N–H and O–H groups in total. The Bertz CT molecular complexity index is 612. The molecule has 0 amide bonds. The first-order valence-corrected chi connectivity index (χ1v) is 7.15. The van der Waals surface area contributed by atoms with Gasteiger partial charge in [0, 0.05) is 26.2 Å². The van der Waals surface area contributed by atoms with Crippen LogP contribution < -0.4 is 4.74 Å². The summed E-state index contributed by atoms with van der Waals surface area (Å²) in [7, 11) is 0. The van der Waals surface area contributed by atoms with Crippen LogP contribution in [0.5, 0.6) is 5.75 Å². The molecule has 0 saturated heterocycles. The summed E-state index contributed by atoms with van der Waals surface area (Å²) in [6, 6.07) is 10.4. The van der Waals surface area contributed by atoms with Crippen molar-refractivity contribution in [1.82, 2.24) is 0 Å². The number of hydrogen-bond donors (Lipinski definition) is 1. The summed E-state index contributed by atoms with van der Waals surface area (Å²) in [6.45, 7) is 1.95. The van der Waals surface area contributed by atoms with Crippen LogP contribution in [-0.2, 0) is 6.61 Å². The number of ether oxygens (including phenoxy) is 1. The molecule has 0 spiro atoms. The first-order chi connectivity index (χ1) is 9.47. The minimum Gasteiger partial charge on any atom is -0.488 e. The van der Waals surface area contributed by atoms with Crippen molar-refractivity contribution >= 4 is 34.8 Å². The van der Waals surface area contributed by atoms with Gasteiger partial charge in [-0.25, -0.2) is 0 Å². The van der Waals surface area contributed by atoms with Gasteiger partial charge < -0.3 is 9.84 Å². The van der Waals surface area contributed by atoms with Gasteiger partial charge in [-0.1, -0.05) is 40.9 Å². The van der Waals surface area contributed by atoms with E-state index >= 15 is 0 Å². The van der Waals surface area contributed by atoms with Crippen molar-refractivity contribution in [3.05, 3.63) is 62.6 Å². The van der Waals surface area contributed by atoms with Crippen molar-refractivity contribution in [1.29, 1.82) is 0 Å². The van der Waals surface area contributed by atoms with E-state index in [9.17, 15) is 5.11 Å². The van der Waals surface area contributed by atoms with E-state index in [1.165, 1.54) is 0 Å². The molecule has 0 aliphatic carbocycles. The van der Waals surface area contributed by atoms with Crippen LogP contribution in [0.4, 0.5) is 0 Å². The van der Waals surface area contributed by atoms with Gasteiger partial charge >= 0.3 is 0 Å². The van der Waals surface area contributed by atoms with Gasteiger partial charge in [-0.05, 0) is 37.3 Å². The zero-order valence-electron chi connectivity index (χ0n) is 10.7. The van der Waals surface area contributed by atoms with Gasteiger partial charge in [0.05, 0.1) is 6.10 Å². The van der Waals surface area contributed by atoms with Gasteiger partial charge in [0.25, 0.3) is 0 Å². The predicted octanol–water partition coefficient (Wildman–Crippen LogP) is 5.28. The van der Waals surface area contributed by atoms with E-state index in [1.54, 1.807) is 37.3 Å². The molecule has 20 heavy (non-hydrogen) atoms. The topological polar surface area (TPSA) is 29.5 Å². The van der Waals surface area contributed by atoms with Crippen molar-refractivity contribution < 1.29 is 9.84 Å². The fraction of sp³-hybridized carbons (Fsp3) is 0.200. The molecule has 0 radical (unpaired) electrons. The highest BCUT2D eigenvalue weighted by molar-refractivity contribution is 6.35. The average Bonchev–Trinajstić information content (AvgIpc) is 2.38. The maximum absolute atomic E-state index is 9.74. The third-order valence-corrected chi connectivity index (χ3v) is 3.64. The monoisotopic (exact) mass is 330 g/mol. The summed E-state index contributed by atoms with van der Waals surface area (Å²) >= 11 is 17.9. The Labute approximate surface area is 132 Å². The van der Waals surface area contributed by atoms with Crippen molar-refractivity contribution in [2.24, 2.45) is 0 Å². The maximum atomic E-state index is 9.74. The Kier molecular flexibility index (Phi) is 5.17. The molecule has 0 heterocycles. The third-order valence-electron chi connectivity index (χ3n) is 2.82. The second kappa shape index (κ2) is 6.68. The zero-order valence-corrected chi connectivity index (χ0v) is 13.0. The van der Waals surface area contributed by atoms with Crippen molar-refractivity contribution in [3.63, 3.8) is 0 Å². The predicted molar refractivity (Wildman–Crippen MR) is 82.9 cm³/mol. The van der Waals surface area contributed by atoms with E-state index < -0.39 is 6.10 Å². The lowest BCUT2D eigenvalue weighted by molar-refractivity contribution is 0.190. The van der Waals surface area contributed by atoms with Crippen molar-refractivity contribution in [2.45, 2.75) is 19.6 Å². The summed E-state index contributed by atoms with van der Waals surface area (Å²) in [5, 5.41) is 11.4. The Morgan fingerprint density at radius 2 is 1.70 bits per heavy atom. The Balaban J connectivity index is 2.18. The SMILES string of the molecule is CC(O)c1cc(Cl)ccc1OCc1ccc(Cl)cc1Cl. The number of halogens is 3. The van der Waals surface area contributed by atoms with Gasteiger partial charge in [0.1, 0.15) is 12.4 Å². The van der Waals surface area contributed by atoms with E-state index in [-0.39, 0.29) is 6.61 Å². The van der Waals surface area contributed by atoms with E-state index in [0.717, 1.165) is 5.56 Å². The molecule has 0 aliphatic heterocycles. The number of benzene rings is 2. The average molecular weight is 332 g/mol. The second-order valence-electron chi connectivity index (χ2n) is 4.38. The molecule has 0 aliphatic rings. The third kappa shape index (κ3) is 3.80. The molecule has 0 fully saturated rings. The minimum atomic E-state index is -0.663. The fourth-order valence-electron chi connectivity index (χ4n) is 1.77. The lowest BCUT2D eigenvalue weighted by Crippen LogP contribution is -2.01. The van der Waals surface area contributed by atoms with Gasteiger partial charge in [-0.3, -0.25) is 0 Å². The Hall–Kier alpha value is -0.930. The number of aliphatic hydroxyl groups excluding tert-OH is 1. The summed E-state index contributed by atoms with van der Waals surface area (Å²) in [4.78, 5) is 0. The summed E-state index contributed by atoms with van der Waals surface area (Å²) in [5.41, 5.74) is 1.46. The van der Waals surface area contributed by atoms with E-state index in [4.69, 9.17) is 39.5 Å². The normalized spacial score (nSPS) is 12.2. The van der Waals surface area contributed by atoms with Crippen LogP contribution in [0, 0.1) is 0 Å². The number of aliphatic hydroxyl groups is 1. The first-order valence-electron chi connectivity index (χ1n) is 6.01. The summed E-state index contributed by atoms with van der Waals surface area (Å²) < 4.78 is 5.71. The zero-order chi connectivity index (χ0) is 14.7. The molecule has 106 valence electrons. The van der Waals surface area contributed by atoms with Crippen LogP contribution in [0.3, 0.4) is 0 Å². The summed E-state index contributed by atoms with van der Waals surface area (Å²) in [5.74, 6) is 0.579. The second-order valence-corrected chi connectivity index (χ2v) is 5.66. The highest BCUT2D eigenvalue weighted by Gasteiger charge is 2.11. The van der Waals surface area contributed by atoms with E-state index in [2.05, 4.69) is 0 Å². The molecule has 2 aromatic carbocycles. The van der Waals surface area contributed by atoms with Crippen LogP contribution in [0.2, 0.25) is 15.1 Å². The maximum Gasteiger partial charge on any atom is 0.125 e. The van der Waals surface area contributed by atoms with E-state index in [1.807, 2.05) is 6.07 Å². The lowest BCUT2D eigenvalue weighted by atomic mass is 10.1. The van der Waals surface area contributed by atoms with Gasteiger partial charge in [0.15, 0.2) is 0 Å². The van der Waals surface area contributed by atoms with E-state index in [0.29, 0.717) is 26.4 Å². The first kappa shape index (κ1) is 15.5. The molecule has 0 saturated carbocycles. The van der Waals surface area contributed by atoms with Crippen LogP contribution in [-0.4, -0.2) is 5.11 Å². The van der Waals surface area contributed by atoms with Crippen LogP contribution in [0.25, 0.3) is 0 Å². The molecule has 1 atom stereocenters.